The zero-order valence-corrected chi connectivity index (χ0v) is 18.4. The second-order valence-corrected chi connectivity index (χ2v) is 9.55. The highest BCUT2D eigenvalue weighted by molar-refractivity contribution is 7.11. The Labute approximate surface area is 188 Å². The van der Waals surface area contributed by atoms with Crippen LogP contribution in [0.4, 0.5) is 4.39 Å². The van der Waals surface area contributed by atoms with Gasteiger partial charge < -0.3 is 4.74 Å². The molecule has 0 saturated heterocycles. The first-order valence-electron chi connectivity index (χ1n) is 10.3. The molecule has 2 atom stereocenters. The molecule has 0 unspecified atom stereocenters. The van der Waals surface area contributed by atoms with Crippen molar-refractivity contribution in [3.8, 4) is 5.75 Å². The number of fused-ring (bicyclic) bond motifs is 1. The number of allylic oxidation sites excluding steroid dienone is 1. The molecular weight excluding hydrogens is 431 g/mol. The maximum Gasteiger partial charge on any atom is 0.281 e. The molecule has 158 valence electrons. The van der Waals surface area contributed by atoms with Crippen LogP contribution in [0.25, 0.3) is 6.08 Å². The summed E-state index contributed by atoms with van der Waals surface area (Å²) in [4.78, 5) is 15.5. The summed E-state index contributed by atoms with van der Waals surface area (Å²) in [7, 11) is 0. The Hall–Kier alpha value is -2.77. The van der Waals surface area contributed by atoms with Gasteiger partial charge in [-0.15, -0.1) is 22.7 Å². The number of amides is 1. The van der Waals surface area contributed by atoms with Crippen LogP contribution in [0.1, 0.15) is 35.1 Å². The lowest BCUT2D eigenvalue weighted by Gasteiger charge is -2.28. The molecule has 7 heteroatoms. The van der Waals surface area contributed by atoms with Gasteiger partial charge in [0.25, 0.3) is 5.91 Å². The minimum absolute atomic E-state index is 0.0751. The molecule has 0 spiro atoms. The van der Waals surface area contributed by atoms with Crippen LogP contribution in [0.3, 0.4) is 0 Å². The highest BCUT2D eigenvalue weighted by Crippen LogP contribution is 2.45. The lowest BCUT2D eigenvalue weighted by Crippen LogP contribution is -2.34. The fraction of sp³-hybridized carbons (Fsp3) is 0.250. The van der Waals surface area contributed by atoms with Gasteiger partial charge in [-0.1, -0.05) is 24.3 Å². The summed E-state index contributed by atoms with van der Waals surface area (Å²) in [5.41, 5.74) is 2.20. The fourth-order valence-electron chi connectivity index (χ4n) is 4.26. The second kappa shape index (κ2) is 8.77. The third kappa shape index (κ3) is 4.07. The molecule has 2 aliphatic rings. The van der Waals surface area contributed by atoms with E-state index in [1.54, 1.807) is 39.8 Å². The highest BCUT2D eigenvalue weighted by Gasteiger charge is 2.44. The molecule has 1 saturated carbocycles. The van der Waals surface area contributed by atoms with Crippen molar-refractivity contribution in [3.05, 3.63) is 80.4 Å². The van der Waals surface area contributed by atoms with Crippen molar-refractivity contribution in [2.75, 3.05) is 6.61 Å². The topological polar surface area (TPSA) is 41.9 Å². The van der Waals surface area contributed by atoms with Gasteiger partial charge in [0.05, 0.1) is 11.8 Å². The molecule has 2 aromatic heterocycles. The Balaban J connectivity index is 1.44. The molecule has 0 bridgehead atoms. The normalized spacial score (nSPS) is 21.8. The van der Waals surface area contributed by atoms with Crippen molar-refractivity contribution < 1.29 is 13.9 Å². The van der Waals surface area contributed by atoms with Crippen LogP contribution in [0.5, 0.6) is 5.75 Å². The van der Waals surface area contributed by atoms with Crippen molar-refractivity contribution in [2.24, 2.45) is 11.0 Å². The van der Waals surface area contributed by atoms with Crippen molar-refractivity contribution in [3.63, 3.8) is 0 Å². The summed E-state index contributed by atoms with van der Waals surface area (Å²) in [6, 6.07) is 14.2. The van der Waals surface area contributed by atoms with Gasteiger partial charge >= 0.3 is 0 Å². The first kappa shape index (κ1) is 20.2. The number of benzene rings is 1. The molecule has 1 fully saturated rings. The summed E-state index contributed by atoms with van der Waals surface area (Å²) in [6.45, 7) is -0.254. The van der Waals surface area contributed by atoms with Gasteiger partial charge in [-0.25, -0.2) is 9.40 Å². The van der Waals surface area contributed by atoms with Crippen LogP contribution in [-0.2, 0) is 4.79 Å². The average Bonchev–Trinajstić information content (AvgIpc) is 3.53. The number of halogens is 1. The minimum atomic E-state index is -0.479. The van der Waals surface area contributed by atoms with E-state index in [9.17, 15) is 9.18 Å². The van der Waals surface area contributed by atoms with Crippen LogP contribution in [-0.4, -0.2) is 23.2 Å². The van der Waals surface area contributed by atoms with Gasteiger partial charge in [0.15, 0.2) is 18.2 Å². The summed E-state index contributed by atoms with van der Waals surface area (Å²) >= 11 is 3.33. The van der Waals surface area contributed by atoms with Crippen LogP contribution in [0, 0.1) is 11.7 Å². The molecule has 31 heavy (non-hydrogen) atoms. The first-order chi connectivity index (χ1) is 15.2. The van der Waals surface area contributed by atoms with E-state index in [0.29, 0.717) is 0 Å². The van der Waals surface area contributed by atoms with E-state index in [0.717, 1.165) is 29.9 Å². The number of ether oxygens (including phenoxy) is 1. The Morgan fingerprint density at radius 2 is 2.00 bits per heavy atom. The zero-order chi connectivity index (χ0) is 21.2. The second-order valence-electron chi connectivity index (χ2n) is 7.59. The van der Waals surface area contributed by atoms with E-state index < -0.39 is 5.82 Å². The van der Waals surface area contributed by atoms with Crippen LogP contribution >= 0.6 is 22.7 Å². The smallest absolute Gasteiger partial charge is 0.281 e. The minimum Gasteiger partial charge on any atom is -0.481 e. The number of para-hydroxylation sites is 1. The molecule has 1 aliphatic carbocycles. The number of carbonyl (C=O) groups excluding carboxylic acids is 1. The highest BCUT2D eigenvalue weighted by atomic mass is 32.1. The third-order valence-electron chi connectivity index (χ3n) is 5.64. The van der Waals surface area contributed by atoms with Crippen LogP contribution in [0.2, 0.25) is 0 Å². The van der Waals surface area contributed by atoms with E-state index in [1.807, 2.05) is 17.5 Å². The van der Waals surface area contributed by atoms with Gasteiger partial charge in [0, 0.05) is 15.7 Å². The predicted octanol–water partition coefficient (Wildman–Crippen LogP) is 6.15. The van der Waals surface area contributed by atoms with Gasteiger partial charge in [0.2, 0.25) is 0 Å². The molecule has 4 nitrogen and oxygen atoms in total. The number of hydrazone groups is 1. The Morgan fingerprint density at radius 3 is 2.77 bits per heavy atom. The number of nitrogens with zero attached hydrogens (tertiary/aromatic N) is 2. The van der Waals surface area contributed by atoms with Gasteiger partial charge in [-0.05, 0) is 65.9 Å². The number of hydrogen-bond acceptors (Lipinski definition) is 5. The number of rotatable bonds is 5. The van der Waals surface area contributed by atoms with E-state index in [-0.39, 0.29) is 30.2 Å². The monoisotopic (exact) mass is 452 g/mol. The van der Waals surface area contributed by atoms with E-state index in [1.165, 1.54) is 22.6 Å². The average molecular weight is 453 g/mol. The Morgan fingerprint density at radius 1 is 1.16 bits per heavy atom. The zero-order valence-electron chi connectivity index (χ0n) is 16.7. The van der Waals surface area contributed by atoms with Crippen molar-refractivity contribution in [1.82, 2.24) is 5.01 Å². The lowest BCUT2D eigenvalue weighted by atomic mass is 9.79. The maximum absolute atomic E-state index is 13.9. The fourth-order valence-corrected chi connectivity index (χ4v) is 5.81. The number of carbonyl (C=O) groups is 1. The molecule has 0 N–H and O–H groups in total. The third-order valence-corrected chi connectivity index (χ3v) is 7.40. The predicted molar refractivity (Wildman–Crippen MR) is 123 cm³/mol. The largest absolute Gasteiger partial charge is 0.481 e. The van der Waals surface area contributed by atoms with Crippen molar-refractivity contribution >= 4 is 40.4 Å². The summed E-state index contributed by atoms with van der Waals surface area (Å²) in [5.74, 6) is -0.506. The van der Waals surface area contributed by atoms with Crippen LogP contribution in [0.15, 0.2) is 70.0 Å². The Kier molecular flexibility index (Phi) is 5.70. The SMILES string of the molecule is O=C(COc1ccccc1F)N1N=C2/C(=C/c3cccs3)CCC[C@H]2[C@H]1c1cccs1. The van der Waals surface area contributed by atoms with E-state index in [2.05, 4.69) is 23.6 Å². The first-order valence-corrected chi connectivity index (χ1v) is 12.0. The molecular formula is C24H21FN2O2S2. The quantitative estimate of drug-likeness (QED) is 0.466. The molecule has 1 aromatic carbocycles. The van der Waals surface area contributed by atoms with E-state index >= 15 is 0 Å². The Bertz CT molecular complexity index is 1120. The number of hydrogen-bond donors (Lipinski definition) is 0. The molecule has 3 heterocycles. The molecule has 0 radical (unpaired) electrons. The summed E-state index contributed by atoms with van der Waals surface area (Å²) < 4.78 is 19.4. The van der Waals surface area contributed by atoms with E-state index in [4.69, 9.17) is 9.84 Å². The summed E-state index contributed by atoms with van der Waals surface area (Å²) in [5, 5.41) is 10.5. The molecule has 1 amide bonds. The standard InChI is InChI=1S/C24H21FN2O2S2/c25-19-9-1-2-10-20(19)29-15-22(28)27-24(21-11-5-13-31-21)18-8-3-6-16(23(18)26-27)14-17-7-4-12-30-17/h1-2,4-5,7,9-14,18,24H,3,6,8,15H2/b16-14+/t18-,24+/m1/s1. The lowest BCUT2D eigenvalue weighted by molar-refractivity contribution is -0.135. The maximum atomic E-state index is 13.9. The van der Waals surface area contributed by atoms with Gasteiger partial charge in [-0.3, -0.25) is 4.79 Å². The van der Waals surface area contributed by atoms with Gasteiger partial charge in [0.1, 0.15) is 0 Å². The molecule has 1 aliphatic heterocycles. The van der Waals surface area contributed by atoms with Crippen molar-refractivity contribution in [1.29, 1.82) is 0 Å². The van der Waals surface area contributed by atoms with Gasteiger partial charge in [-0.2, -0.15) is 5.10 Å². The van der Waals surface area contributed by atoms with Crippen molar-refractivity contribution in [2.45, 2.75) is 25.3 Å². The molecule has 3 aromatic rings. The number of thiophene rings is 2. The molecule has 5 rings (SSSR count). The summed E-state index contributed by atoms with van der Waals surface area (Å²) in [6.07, 6.45) is 5.21. The van der Waals surface area contributed by atoms with Crippen LogP contribution < -0.4 is 4.74 Å².